The number of nitrogens with one attached hydrogen (secondary N) is 4. The monoisotopic (exact) mass is 510 g/mol. The lowest BCUT2D eigenvalue weighted by Crippen LogP contribution is -2.39. The van der Waals surface area contributed by atoms with Gasteiger partial charge in [-0.2, -0.15) is 0 Å². The van der Waals surface area contributed by atoms with Gasteiger partial charge in [0.05, 0.1) is 25.6 Å². The first-order valence-electron chi connectivity index (χ1n) is 11.1. The Morgan fingerprint density at radius 3 is 2.58 bits per heavy atom. The van der Waals surface area contributed by atoms with E-state index in [-0.39, 0.29) is 30.4 Å². The molecule has 0 radical (unpaired) electrons. The fourth-order valence-corrected chi connectivity index (χ4v) is 3.76. The topological polar surface area (TPSA) is 151 Å². The van der Waals surface area contributed by atoms with Crippen LogP contribution in [-0.4, -0.2) is 46.9 Å². The third kappa shape index (κ3) is 8.47. The molecule has 1 unspecified atom stereocenters. The van der Waals surface area contributed by atoms with Crippen LogP contribution in [0.25, 0.3) is 0 Å². The number of esters is 1. The van der Waals surface area contributed by atoms with E-state index in [9.17, 15) is 19.2 Å². The number of aromatic nitrogens is 2. The summed E-state index contributed by atoms with van der Waals surface area (Å²) in [5.74, 6) is -1.55. The molecule has 0 aliphatic heterocycles. The van der Waals surface area contributed by atoms with Crippen molar-refractivity contribution >= 4 is 40.3 Å². The van der Waals surface area contributed by atoms with E-state index in [1.165, 1.54) is 5.38 Å². The molecule has 4 amide bonds. The first kappa shape index (κ1) is 26.3. The number of amides is 4. The van der Waals surface area contributed by atoms with Crippen LogP contribution in [-0.2, 0) is 20.9 Å². The molecule has 0 aliphatic rings. The fraction of sp³-hybridized carbons (Fsp3) is 0.250. The smallest absolute Gasteiger partial charge is 0.321 e. The Labute approximate surface area is 211 Å². The van der Waals surface area contributed by atoms with Crippen LogP contribution in [0.3, 0.4) is 0 Å². The number of pyridine rings is 1. The molecule has 1 atom stereocenters. The number of rotatable bonds is 11. The molecule has 3 rings (SSSR count). The number of ether oxygens (including phenoxy) is 1. The average Bonchev–Trinajstić information content (AvgIpc) is 3.35. The van der Waals surface area contributed by atoms with E-state index in [1.807, 2.05) is 30.3 Å². The Morgan fingerprint density at radius 2 is 1.86 bits per heavy atom. The van der Waals surface area contributed by atoms with Gasteiger partial charge in [-0.1, -0.05) is 36.4 Å². The van der Waals surface area contributed by atoms with Gasteiger partial charge >= 0.3 is 12.0 Å². The summed E-state index contributed by atoms with van der Waals surface area (Å²) in [6, 6.07) is 11.7. The van der Waals surface area contributed by atoms with Gasteiger partial charge in [0.15, 0.2) is 5.13 Å². The number of carbonyl (C=O) groups excluding carboxylic acids is 4. The molecule has 188 valence electrons. The Balaban J connectivity index is 1.48. The molecule has 0 fully saturated rings. The van der Waals surface area contributed by atoms with Crippen molar-refractivity contribution in [1.82, 2.24) is 25.9 Å². The van der Waals surface area contributed by atoms with E-state index < -0.39 is 29.9 Å². The summed E-state index contributed by atoms with van der Waals surface area (Å²) in [4.78, 5) is 57.0. The molecule has 2 heterocycles. The minimum Gasteiger partial charge on any atom is -0.466 e. The van der Waals surface area contributed by atoms with Crippen molar-refractivity contribution < 1.29 is 23.9 Å². The fourth-order valence-electron chi connectivity index (χ4n) is 3.07. The number of urea groups is 1. The van der Waals surface area contributed by atoms with Crippen molar-refractivity contribution in [3.63, 3.8) is 0 Å². The number of nitrogens with zero attached hydrogens (tertiary/aromatic N) is 2. The molecule has 0 saturated carbocycles. The number of benzene rings is 1. The zero-order valence-corrected chi connectivity index (χ0v) is 20.3. The van der Waals surface area contributed by atoms with Gasteiger partial charge in [-0.15, -0.1) is 11.3 Å². The predicted octanol–water partition coefficient (Wildman–Crippen LogP) is 2.40. The highest BCUT2D eigenvalue weighted by molar-refractivity contribution is 7.14. The molecule has 0 aliphatic carbocycles. The van der Waals surface area contributed by atoms with Gasteiger partial charge in [-0.3, -0.25) is 24.7 Å². The highest BCUT2D eigenvalue weighted by Crippen LogP contribution is 2.17. The Kier molecular flexibility index (Phi) is 9.89. The molecular formula is C24H26N6O5S. The van der Waals surface area contributed by atoms with Gasteiger partial charge in [0.25, 0.3) is 5.91 Å². The quantitative estimate of drug-likeness (QED) is 0.289. The maximum atomic E-state index is 12.5. The predicted molar refractivity (Wildman–Crippen MR) is 133 cm³/mol. The molecule has 3 aromatic rings. The SMILES string of the molecule is CCOC(=O)CC(NC(=O)CNC(=O)c1csc(NC(=O)NCc2ccccc2)n1)c1cccnc1. The molecule has 2 aromatic heterocycles. The maximum Gasteiger partial charge on any atom is 0.321 e. The van der Waals surface area contributed by atoms with Crippen LogP contribution < -0.4 is 21.3 Å². The molecule has 12 heteroatoms. The molecular weight excluding hydrogens is 484 g/mol. The molecule has 0 saturated heterocycles. The minimum absolute atomic E-state index is 0.0569. The van der Waals surface area contributed by atoms with Crippen LogP contribution in [0.1, 0.15) is 41.0 Å². The molecule has 4 N–H and O–H groups in total. The van der Waals surface area contributed by atoms with Gasteiger partial charge in [0.1, 0.15) is 5.69 Å². The second-order valence-corrected chi connectivity index (χ2v) is 8.29. The highest BCUT2D eigenvalue weighted by Gasteiger charge is 2.20. The second kappa shape index (κ2) is 13.5. The van der Waals surface area contributed by atoms with E-state index in [0.717, 1.165) is 16.9 Å². The summed E-state index contributed by atoms with van der Waals surface area (Å²) < 4.78 is 4.98. The standard InChI is InChI=1S/C24H26N6O5S/c1-2-35-21(32)11-18(17-9-6-10-25-13-17)28-20(31)14-26-22(33)19-15-36-24(29-19)30-23(34)27-12-16-7-4-3-5-8-16/h3-10,13,15,18H,2,11-12,14H2,1H3,(H,26,33)(H,28,31)(H2,27,29,30,34). The molecule has 11 nitrogen and oxygen atoms in total. The minimum atomic E-state index is -0.661. The molecule has 0 bridgehead atoms. The van der Waals surface area contributed by atoms with Crippen LogP contribution in [0, 0.1) is 0 Å². The Morgan fingerprint density at radius 1 is 1.06 bits per heavy atom. The lowest BCUT2D eigenvalue weighted by atomic mass is 10.1. The molecule has 1 aromatic carbocycles. The lowest BCUT2D eigenvalue weighted by molar-refractivity contribution is -0.143. The number of anilines is 1. The van der Waals surface area contributed by atoms with Gasteiger partial charge < -0.3 is 20.7 Å². The van der Waals surface area contributed by atoms with Crippen LogP contribution in [0.15, 0.2) is 60.2 Å². The van der Waals surface area contributed by atoms with Crippen LogP contribution in [0.2, 0.25) is 0 Å². The van der Waals surface area contributed by atoms with E-state index in [4.69, 9.17) is 4.74 Å². The average molecular weight is 511 g/mol. The van der Waals surface area contributed by atoms with Crippen molar-refractivity contribution in [3.05, 3.63) is 77.1 Å². The van der Waals surface area contributed by atoms with Crippen LogP contribution in [0.4, 0.5) is 9.93 Å². The van der Waals surface area contributed by atoms with Crippen molar-refractivity contribution in [3.8, 4) is 0 Å². The maximum absolute atomic E-state index is 12.5. The van der Waals surface area contributed by atoms with Crippen LogP contribution >= 0.6 is 11.3 Å². The highest BCUT2D eigenvalue weighted by atomic mass is 32.1. The van der Waals surface area contributed by atoms with Crippen LogP contribution in [0.5, 0.6) is 0 Å². The zero-order chi connectivity index (χ0) is 25.8. The molecule has 0 spiro atoms. The van der Waals surface area contributed by atoms with E-state index in [1.54, 1.807) is 31.5 Å². The lowest BCUT2D eigenvalue weighted by Gasteiger charge is -2.18. The second-order valence-electron chi connectivity index (χ2n) is 7.43. The van der Waals surface area contributed by atoms with E-state index in [2.05, 4.69) is 31.2 Å². The molecule has 36 heavy (non-hydrogen) atoms. The van der Waals surface area contributed by atoms with Crippen molar-refractivity contribution in [2.75, 3.05) is 18.5 Å². The summed E-state index contributed by atoms with van der Waals surface area (Å²) in [7, 11) is 0. The number of thiazole rings is 1. The van der Waals surface area contributed by atoms with Crippen molar-refractivity contribution in [2.45, 2.75) is 25.9 Å². The first-order valence-corrected chi connectivity index (χ1v) is 12.0. The summed E-state index contributed by atoms with van der Waals surface area (Å²) >= 11 is 1.08. The summed E-state index contributed by atoms with van der Waals surface area (Å²) in [5, 5.41) is 12.2. The van der Waals surface area contributed by atoms with Crippen molar-refractivity contribution in [2.24, 2.45) is 0 Å². The third-order valence-electron chi connectivity index (χ3n) is 4.76. The number of hydrogen-bond donors (Lipinski definition) is 4. The summed E-state index contributed by atoms with van der Waals surface area (Å²) in [5.41, 5.74) is 1.63. The normalized spacial score (nSPS) is 11.1. The largest absolute Gasteiger partial charge is 0.466 e. The summed E-state index contributed by atoms with van der Waals surface area (Å²) in [6.45, 7) is 1.93. The first-order chi connectivity index (χ1) is 17.4. The number of hydrogen-bond acceptors (Lipinski definition) is 8. The van der Waals surface area contributed by atoms with Gasteiger partial charge in [0.2, 0.25) is 5.91 Å². The van der Waals surface area contributed by atoms with E-state index >= 15 is 0 Å². The van der Waals surface area contributed by atoms with Gasteiger partial charge in [-0.25, -0.2) is 9.78 Å². The van der Waals surface area contributed by atoms with Gasteiger partial charge in [0, 0.05) is 24.3 Å². The number of carbonyl (C=O) groups is 4. The van der Waals surface area contributed by atoms with Gasteiger partial charge in [-0.05, 0) is 24.1 Å². The van der Waals surface area contributed by atoms with Crippen molar-refractivity contribution in [1.29, 1.82) is 0 Å². The third-order valence-corrected chi connectivity index (χ3v) is 5.52. The van der Waals surface area contributed by atoms with E-state index in [0.29, 0.717) is 12.1 Å². The zero-order valence-electron chi connectivity index (χ0n) is 19.5. The summed E-state index contributed by atoms with van der Waals surface area (Å²) in [6.07, 6.45) is 3.05. The Hall–Kier alpha value is -4.32. The Bertz CT molecular complexity index is 1170.